The highest BCUT2D eigenvalue weighted by molar-refractivity contribution is 7.74. The molecule has 2 saturated carbocycles. The Morgan fingerprint density at radius 3 is 1.39 bits per heavy atom. The molecule has 2 aromatic rings. The van der Waals surface area contributed by atoms with Crippen LogP contribution in [0.3, 0.4) is 0 Å². The molecule has 0 amide bonds. The van der Waals surface area contributed by atoms with E-state index in [2.05, 4.69) is 60.7 Å². The van der Waals surface area contributed by atoms with Gasteiger partial charge in [-0.05, 0) is 67.9 Å². The second kappa shape index (κ2) is 10.9. The lowest BCUT2D eigenvalue weighted by molar-refractivity contribution is 0.484. The van der Waals surface area contributed by atoms with Crippen LogP contribution in [0.25, 0.3) is 0 Å². The van der Waals surface area contributed by atoms with Crippen LogP contribution < -0.4 is 10.6 Å². The summed E-state index contributed by atoms with van der Waals surface area (Å²) in [6, 6.07) is 22.8. The molecule has 0 bridgehead atoms. The molecule has 150 valence electrons. The molecule has 0 saturated heterocycles. The van der Waals surface area contributed by atoms with Crippen molar-refractivity contribution in [2.45, 2.75) is 75.5 Å². The first-order valence-electron chi connectivity index (χ1n) is 11.6. The van der Waals surface area contributed by atoms with Crippen LogP contribution in [0.15, 0.2) is 60.7 Å². The molecule has 0 aromatic heterocycles. The van der Waals surface area contributed by atoms with Crippen molar-refractivity contribution in [2.24, 2.45) is 0 Å². The molecule has 2 heteroatoms. The van der Waals surface area contributed by atoms with Crippen LogP contribution >= 0.6 is 15.8 Å². The van der Waals surface area contributed by atoms with Crippen molar-refractivity contribution in [2.75, 3.05) is 12.3 Å². The Labute approximate surface area is 175 Å². The minimum atomic E-state index is -0.209. The summed E-state index contributed by atoms with van der Waals surface area (Å²) in [5.41, 5.74) is 2.16. The van der Waals surface area contributed by atoms with Gasteiger partial charge >= 0.3 is 0 Å². The minimum Gasteiger partial charge on any atom is -0.1000 e. The maximum atomic E-state index is 2.38. The zero-order valence-electron chi connectivity index (χ0n) is 17.3. The molecular weight excluding hydrogens is 374 g/mol. The molecule has 0 heterocycles. The van der Waals surface area contributed by atoms with Gasteiger partial charge in [0.2, 0.25) is 0 Å². The van der Waals surface area contributed by atoms with E-state index >= 15 is 0 Å². The van der Waals surface area contributed by atoms with E-state index in [0.717, 1.165) is 11.3 Å². The van der Waals surface area contributed by atoms with Crippen molar-refractivity contribution in [3.8, 4) is 0 Å². The van der Waals surface area contributed by atoms with Crippen LogP contribution in [0.5, 0.6) is 0 Å². The Balaban J connectivity index is 1.52. The minimum absolute atomic E-state index is 0.206. The maximum Gasteiger partial charge on any atom is -0.0195 e. The summed E-state index contributed by atoms with van der Waals surface area (Å²) < 4.78 is 0. The molecule has 0 spiro atoms. The molecule has 0 unspecified atom stereocenters. The molecule has 2 aromatic carbocycles. The summed E-state index contributed by atoms with van der Waals surface area (Å²) in [5.74, 6) is 0. The predicted octanol–water partition coefficient (Wildman–Crippen LogP) is 7.27. The van der Waals surface area contributed by atoms with Crippen LogP contribution in [-0.4, -0.2) is 23.6 Å². The SMILES string of the molecule is c1ccc(P(CCP(C2CCCCC2)C2CCCCC2)c2ccccc2)cc1. The standard InChI is InChI=1S/C26H36P2/c1-5-13-23(14-6-1)27(24-15-7-2-8-16-24)21-22-28(25-17-9-3-10-18-25)26-19-11-4-12-20-26/h1-2,5-8,13-16,25-26H,3-4,9-12,17-22H2. The normalized spacial score (nSPS) is 19.4. The Hall–Kier alpha value is -0.700. The Bertz CT molecular complexity index is 615. The van der Waals surface area contributed by atoms with Crippen LogP contribution in [-0.2, 0) is 0 Å². The molecule has 0 N–H and O–H groups in total. The van der Waals surface area contributed by atoms with E-state index in [1.807, 2.05) is 0 Å². The quantitative estimate of drug-likeness (QED) is 0.421. The monoisotopic (exact) mass is 410 g/mol. The highest BCUT2D eigenvalue weighted by atomic mass is 31.1. The van der Waals surface area contributed by atoms with E-state index < -0.39 is 0 Å². The van der Waals surface area contributed by atoms with Gasteiger partial charge in [-0.2, -0.15) is 0 Å². The summed E-state index contributed by atoms with van der Waals surface area (Å²) in [4.78, 5) is 0. The van der Waals surface area contributed by atoms with Gasteiger partial charge in [0.25, 0.3) is 0 Å². The van der Waals surface area contributed by atoms with Crippen LogP contribution in [0.1, 0.15) is 64.2 Å². The van der Waals surface area contributed by atoms with Crippen molar-refractivity contribution in [3.63, 3.8) is 0 Å². The van der Waals surface area contributed by atoms with Gasteiger partial charge in [-0.3, -0.25) is 0 Å². The number of benzene rings is 2. The summed E-state index contributed by atoms with van der Waals surface area (Å²) in [6.45, 7) is 0. The van der Waals surface area contributed by atoms with E-state index in [4.69, 9.17) is 0 Å². The molecule has 2 fully saturated rings. The smallest absolute Gasteiger partial charge is 0.0195 e. The lowest BCUT2D eigenvalue weighted by Gasteiger charge is -2.39. The van der Waals surface area contributed by atoms with Crippen molar-refractivity contribution >= 4 is 26.5 Å². The van der Waals surface area contributed by atoms with Crippen LogP contribution in [0.2, 0.25) is 0 Å². The van der Waals surface area contributed by atoms with E-state index in [-0.39, 0.29) is 15.8 Å². The number of hydrogen-bond donors (Lipinski definition) is 0. The summed E-state index contributed by atoms with van der Waals surface area (Å²) >= 11 is 0. The predicted molar refractivity (Wildman–Crippen MR) is 129 cm³/mol. The number of rotatable bonds is 7. The molecule has 0 aliphatic heterocycles. The van der Waals surface area contributed by atoms with Crippen molar-refractivity contribution < 1.29 is 0 Å². The molecule has 4 rings (SSSR count). The van der Waals surface area contributed by atoms with Gasteiger partial charge < -0.3 is 0 Å². The molecule has 0 nitrogen and oxygen atoms in total. The summed E-state index contributed by atoms with van der Waals surface area (Å²) in [7, 11) is -0.00328. The topological polar surface area (TPSA) is 0 Å². The van der Waals surface area contributed by atoms with Gasteiger partial charge in [0, 0.05) is 0 Å². The lowest BCUT2D eigenvalue weighted by atomic mass is 9.99. The highest BCUT2D eigenvalue weighted by Gasteiger charge is 2.31. The van der Waals surface area contributed by atoms with Gasteiger partial charge in [0.15, 0.2) is 0 Å². The van der Waals surface area contributed by atoms with Gasteiger partial charge in [-0.1, -0.05) is 107 Å². The third-order valence-corrected chi connectivity index (χ3v) is 13.3. The Morgan fingerprint density at radius 1 is 0.536 bits per heavy atom. The fourth-order valence-corrected chi connectivity index (χ4v) is 12.3. The molecule has 0 radical (unpaired) electrons. The lowest BCUT2D eigenvalue weighted by Crippen LogP contribution is -2.24. The number of hydrogen-bond acceptors (Lipinski definition) is 0. The van der Waals surface area contributed by atoms with Gasteiger partial charge in [-0.25, -0.2) is 0 Å². The molecule has 2 aliphatic carbocycles. The van der Waals surface area contributed by atoms with Crippen LogP contribution in [0.4, 0.5) is 0 Å². The summed E-state index contributed by atoms with van der Waals surface area (Å²) in [6.07, 6.45) is 18.1. The van der Waals surface area contributed by atoms with Gasteiger partial charge in [0.05, 0.1) is 0 Å². The molecule has 2 aliphatic rings. The second-order valence-electron chi connectivity index (χ2n) is 8.64. The Kier molecular flexibility index (Phi) is 8.01. The largest absolute Gasteiger partial charge is 0.1000 e. The Morgan fingerprint density at radius 2 is 0.964 bits per heavy atom. The zero-order chi connectivity index (χ0) is 19.0. The average Bonchev–Trinajstić information content (AvgIpc) is 2.79. The maximum absolute atomic E-state index is 2.38. The molecular formula is C26H36P2. The van der Waals surface area contributed by atoms with Crippen molar-refractivity contribution in [1.82, 2.24) is 0 Å². The summed E-state index contributed by atoms with van der Waals surface area (Å²) in [5, 5.41) is 3.15. The van der Waals surface area contributed by atoms with Crippen molar-refractivity contribution in [1.29, 1.82) is 0 Å². The fraction of sp³-hybridized carbons (Fsp3) is 0.538. The first-order valence-corrected chi connectivity index (χ1v) is 14.7. The van der Waals surface area contributed by atoms with E-state index in [1.54, 1.807) is 10.6 Å². The molecule has 0 atom stereocenters. The highest BCUT2D eigenvalue weighted by Crippen LogP contribution is 2.57. The van der Waals surface area contributed by atoms with E-state index in [0.29, 0.717) is 0 Å². The second-order valence-corrected chi connectivity index (χ2v) is 13.9. The third-order valence-electron chi connectivity index (χ3n) is 6.80. The zero-order valence-corrected chi connectivity index (χ0v) is 19.1. The fourth-order valence-electron chi connectivity index (χ4n) is 5.33. The van der Waals surface area contributed by atoms with Gasteiger partial charge in [-0.15, -0.1) is 0 Å². The van der Waals surface area contributed by atoms with Gasteiger partial charge in [0.1, 0.15) is 0 Å². The van der Waals surface area contributed by atoms with E-state index in [1.165, 1.54) is 76.5 Å². The van der Waals surface area contributed by atoms with Crippen molar-refractivity contribution in [3.05, 3.63) is 60.7 Å². The van der Waals surface area contributed by atoms with E-state index in [9.17, 15) is 0 Å². The first-order chi connectivity index (χ1) is 13.9. The average molecular weight is 411 g/mol. The first kappa shape index (κ1) is 20.6. The molecule has 28 heavy (non-hydrogen) atoms. The van der Waals surface area contributed by atoms with Crippen LogP contribution in [0, 0.1) is 0 Å². The third kappa shape index (κ3) is 5.46.